The second-order valence-corrected chi connectivity index (χ2v) is 6.03. The van der Waals surface area contributed by atoms with Crippen LogP contribution in [0.3, 0.4) is 0 Å². The van der Waals surface area contributed by atoms with Crippen molar-refractivity contribution >= 4 is 0 Å². The van der Waals surface area contributed by atoms with Gasteiger partial charge in [-0.2, -0.15) is 0 Å². The number of hydrogen-bond acceptors (Lipinski definition) is 2. The molecule has 2 aliphatic carbocycles. The van der Waals surface area contributed by atoms with Gasteiger partial charge in [0.15, 0.2) is 0 Å². The molecule has 0 heterocycles. The third kappa shape index (κ3) is 2.78. The zero-order valence-corrected chi connectivity index (χ0v) is 11.2. The molecule has 2 nitrogen and oxygen atoms in total. The fourth-order valence-electron chi connectivity index (χ4n) is 3.62. The lowest BCUT2D eigenvalue weighted by molar-refractivity contribution is 0.128. The molecule has 0 aromatic rings. The van der Waals surface area contributed by atoms with Crippen LogP contribution in [0, 0.1) is 5.92 Å². The van der Waals surface area contributed by atoms with Gasteiger partial charge in [0.25, 0.3) is 0 Å². The summed E-state index contributed by atoms with van der Waals surface area (Å²) in [5, 5.41) is 3.42. The van der Waals surface area contributed by atoms with E-state index in [0.29, 0.717) is 0 Å². The minimum atomic E-state index is 0.784. The summed E-state index contributed by atoms with van der Waals surface area (Å²) in [6.45, 7) is 2.41. The van der Waals surface area contributed by atoms with Gasteiger partial charge in [0.05, 0.1) is 0 Å². The molecule has 0 aromatic heterocycles. The van der Waals surface area contributed by atoms with E-state index in [-0.39, 0.29) is 0 Å². The lowest BCUT2D eigenvalue weighted by atomic mass is 9.89. The Hall–Kier alpha value is -0.0800. The number of hydrogen-bond donors (Lipinski definition) is 1. The van der Waals surface area contributed by atoms with Crippen LogP contribution in [0.1, 0.15) is 51.9 Å². The molecule has 0 saturated heterocycles. The van der Waals surface area contributed by atoms with E-state index in [1.807, 2.05) is 0 Å². The Balaban J connectivity index is 1.79. The molecule has 2 rings (SSSR count). The van der Waals surface area contributed by atoms with Crippen molar-refractivity contribution in [1.82, 2.24) is 10.2 Å². The maximum Gasteiger partial charge on any atom is 0.00977 e. The number of rotatable bonds is 3. The average molecular weight is 224 g/mol. The van der Waals surface area contributed by atoms with Crippen LogP contribution in [-0.4, -0.2) is 37.1 Å². The fourth-order valence-corrected chi connectivity index (χ4v) is 3.62. The topological polar surface area (TPSA) is 15.3 Å². The van der Waals surface area contributed by atoms with Crippen LogP contribution in [0.5, 0.6) is 0 Å². The third-order valence-corrected chi connectivity index (χ3v) is 4.92. The van der Waals surface area contributed by atoms with Gasteiger partial charge in [-0.15, -0.1) is 0 Å². The first-order valence-electron chi connectivity index (χ1n) is 7.10. The van der Waals surface area contributed by atoms with Gasteiger partial charge < -0.3 is 10.2 Å². The third-order valence-electron chi connectivity index (χ3n) is 4.92. The molecule has 0 aromatic carbocycles. The number of nitrogens with zero attached hydrogens (tertiary/aromatic N) is 1. The monoisotopic (exact) mass is 224 g/mol. The van der Waals surface area contributed by atoms with Crippen LogP contribution in [-0.2, 0) is 0 Å². The van der Waals surface area contributed by atoms with Crippen LogP contribution in [0.4, 0.5) is 0 Å². The molecule has 1 N–H and O–H groups in total. The van der Waals surface area contributed by atoms with E-state index in [2.05, 4.69) is 31.2 Å². The minimum absolute atomic E-state index is 0.784. The maximum atomic E-state index is 3.42. The highest BCUT2D eigenvalue weighted by molar-refractivity contribution is 4.87. The Morgan fingerprint density at radius 2 is 1.56 bits per heavy atom. The van der Waals surface area contributed by atoms with Gasteiger partial charge in [0.1, 0.15) is 0 Å². The molecule has 2 unspecified atom stereocenters. The van der Waals surface area contributed by atoms with E-state index in [1.54, 1.807) is 0 Å². The van der Waals surface area contributed by atoms with Crippen molar-refractivity contribution in [2.24, 2.45) is 5.92 Å². The first kappa shape index (κ1) is 12.4. The molecule has 2 saturated carbocycles. The lowest BCUT2D eigenvalue weighted by Crippen LogP contribution is -2.43. The van der Waals surface area contributed by atoms with E-state index < -0.39 is 0 Å². The van der Waals surface area contributed by atoms with Crippen molar-refractivity contribution in [2.45, 2.75) is 70.0 Å². The standard InChI is InChI=1S/C14H28N2/c1-11-4-7-14(10-11)16(3)13-8-5-12(15-2)6-9-13/h11-15H,4-10H2,1-3H3. The second kappa shape index (κ2) is 5.50. The van der Waals surface area contributed by atoms with E-state index >= 15 is 0 Å². The highest BCUT2D eigenvalue weighted by Crippen LogP contribution is 2.32. The van der Waals surface area contributed by atoms with Crippen LogP contribution in [0.25, 0.3) is 0 Å². The first-order valence-corrected chi connectivity index (χ1v) is 7.10. The first-order chi connectivity index (χ1) is 7.70. The van der Waals surface area contributed by atoms with Crippen LogP contribution in [0.15, 0.2) is 0 Å². The van der Waals surface area contributed by atoms with Crippen molar-refractivity contribution < 1.29 is 0 Å². The summed E-state index contributed by atoms with van der Waals surface area (Å²) in [5.74, 6) is 0.959. The highest BCUT2D eigenvalue weighted by atomic mass is 15.2. The predicted molar refractivity (Wildman–Crippen MR) is 69.7 cm³/mol. The summed E-state index contributed by atoms with van der Waals surface area (Å²) in [6.07, 6.45) is 9.84. The lowest BCUT2D eigenvalue weighted by Gasteiger charge is -2.38. The van der Waals surface area contributed by atoms with Gasteiger partial charge in [-0.25, -0.2) is 0 Å². The normalized spacial score (nSPS) is 40.5. The highest BCUT2D eigenvalue weighted by Gasteiger charge is 2.30. The molecule has 0 spiro atoms. The van der Waals surface area contributed by atoms with Crippen LogP contribution >= 0.6 is 0 Å². The maximum absolute atomic E-state index is 3.42. The Morgan fingerprint density at radius 1 is 0.938 bits per heavy atom. The molecule has 94 valence electrons. The van der Waals surface area contributed by atoms with Gasteiger partial charge in [-0.1, -0.05) is 6.92 Å². The average Bonchev–Trinajstić information content (AvgIpc) is 2.75. The zero-order chi connectivity index (χ0) is 11.5. The molecule has 0 radical (unpaired) electrons. The van der Waals surface area contributed by atoms with Crippen molar-refractivity contribution in [2.75, 3.05) is 14.1 Å². The summed E-state index contributed by atoms with van der Waals surface area (Å²) < 4.78 is 0. The van der Waals surface area contributed by atoms with Gasteiger partial charge in [-0.3, -0.25) is 0 Å². The van der Waals surface area contributed by atoms with Crippen LogP contribution < -0.4 is 5.32 Å². The summed E-state index contributed by atoms with van der Waals surface area (Å²) in [6, 6.07) is 2.53. The zero-order valence-electron chi connectivity index (χ0n) is 11.2. The van der Waals surface area contributed by atoms with Gasteiger partial charge in [0, 0.05) is 18.1 Å². The Morgan fingerprint density at radius 3 is 2.06 bits per heavy atom. The Kier molecular flexibility index (Phi) is 4.26. The Bertz CT molecular complexity index is 209. The largest absolute Gasteiger partial charge is 0.317 e. The summed E-state index contributed by atoms with van der Waals surface area (Å²) in [4.78, 5) is 2.70. The van der Waals surface area contributed by atoms with E-state index in [1.165, 1.54) is 44.9 Å². The molecule has 2 heteroatoms. The fraction of sp³-hybridized carbons (Fsp3) is 1.00. The van der Waals surface area contributed by atoms with E-state index in [0.717, 1.165) is 24.0 Å². The van der Waals surface area contributed by atoms with E-state index in [4.69, 9.17) is 0 Å². The predicted octanol–water partition coefficient (Wildman–Crippen LogP) is 2.64. The van der Waals surface area contributed by atoms with Gasteiger partial charge >= 0.3 is 0 Å². The number of nitrogens with one attached hydrogen (secondary N) is 1. The molecule has 16 heavy (non-hydrogen) atoms. The molecular formula is C14H28N2. The Labute approximate surface area is 101 Å². The van der Waals surface area contributed by atoms with Crippen molar-refractivity contribution in [3.05, 3.63) is 0 Å². The molecule has 2 aliphatic rings. The summed E-state index contributed by atoms with van der Waals surface area (Å²) >= 11 is 0. The molecular weight excluding hydrogens is 196 g/mol. The quantitative estimate of drug-likeness (QED) is 0.793. The molecule has 0 amide bonds. The minimum Gasteiger partial charge on any atom is -0.317 e. The molecule has 0 bridgehead atoms. The molecule has 0 aliphatic heterocycles. The van der Waals surface area contributed by atoms with Gasteiger partial charge in [-0.05, 0) is 65.0 Å². The van der Waals surface area contributed by atoms with Crippen molar-refractivity contribution in [1.29, 1.82) is 0 Å². The van der Waals surface area contributed by atoms with Crippen LogP contribution in [0.2, 0.25) is 0 Å². The molecule has 2 fully saturated rings. The summed E-state index contributed by atoms with van der Waals surface area (Å²) in [7, 11) is 4.47. The summed E-state index contributed by atoms with van der Waals surface area (Å²) in [5.41, 5.74) is 0. The second-order valence-electron chi connectivity index (χ2n) is 6.03. The smallest absolute Gasteiger partial charge is 0.00977 e. The molecule has 2 atom stereocenters. The SMILES string of the molecule is CNC1CCC(N(C)C2CCC(C)C2)CC1. The van der Waals surface area contributed by atoms with E-state index in [9.17, 15) is 0 Å². The van der Waals surface area contributed by atoms with Crippen molar-refractivity contribution in [3.8, 4) is 0 Å². The van der Waals surface area contributed by atoms with Crippen molar-refractivity contribution in [3.63, 3.8) is 0 Å². The van der Waals surface area contributed by atoms with Gasteiger partial charge in [0.2, 0.25) is 0 Å².